The molecule has 3 rings (SSSR count). The molecule has 1 heterocycles. The number of carbonyl (C=O) groups excluding carboxylic acids is 1. The molecule has 1 saturated carbocycles. The molecule has 7 heteroatoms. The summed E-state index contributed by atoms with van der Waals surface area (Å²) in [4.78, 5) is 30.0. The summed E-state index contributed by atoms with van der Waals surface area (Å²) < 4.78 is 1.68. The zero-order chi connectivity index (χ0) is 19.4. The van der Waals surface area contributed by atoms with Gasteiger partial charge < -0.3 is 5.32 Å². The van der Waals surface area contributed by atoms with Crippen LogP contribution in [-0.2, 0) is 4.79 Å². The van der Waals surface area contributed by atoms with Crippen LogP contribution in [-0.4, -0.2) is 26.8 Å². The lowest BCUT2D eigenvalue weighted by molar-refractivity contribution is -0.119. The molecule has 1 aliphatic rings. The summed E-state index contributed by atoms with van der Waals surface area (Å²) in [6.07, 6.45) is 4.11. The Morgan fingerprint density at radius 3 is 2.78 bits per heavy atom. The highest BCUT2D eigenvalue weighted by atomic mass is 32.2. The van der Waals surface area contributed by atoms with E-state index in [1.54, 1.807) is 10.6 Å². The smallest absolute Gasteiger partial charge is 0.262 e. The number of fused-ring (bicyclic) bond motifs is 1. The second-order valence-electron chi connectivity index (χ2n) is 7.08. The summed E-state index contributed by atoms with van der Waals surface area (Å²) in [5, 5.41) is 13.4. The molecule has 0 bridgehead atoms. The van der Waals surface area contributed by atoms with Gasteiger partial charge in [0.15, 0.2) is 5.16 Å². The van der Waals surface area contributed by atoms with Crippen molar-refractivity contribution in [3.63, 3.8) is 0 Å². The van der Waals surface area contributed by atoms with Crippen LogP contribution in [0.1, 0.15) is 52.0 Å². The van der Waals surface area contributed by atoms with Crippen molar-refractivity contribution in [2.24, 2.45) is 0 Å². The average Bonchev–Trinajstić information content (AvgIpc) is 3.15. The van der Waals surface area contributed by atoms with Gasteiger partial charge in [0.25, 0.3) is 5.56 Å². The van der Waals surface area contributed by atoms with Crippen molar-refractivity contribution in [1.29, 1.82) is 5.26 Å². The van der Waals surface area contributed by atoms with Crippen LogP contribution in [0.2, 0.25) is 0 Å². The van der Waals surface area contributed by atoms with Crippen molar-refractivity contribution < 1.29 is 4.79 Å². The van der Waals surface area contributed by atoms with E-state index in [2.05, 4.69) is 16.4 Å². The van der Waals surface area contributed by atoms with Gasteiger partial charge in [-0.05, 0) is 51.2 Å². The van der Waals surface area contributed by atoms with Crippen LogP contribution in [0.5, 0.6) is 0 Å². The fraction of sp³-hybridized carbons (Fsp3) is 0.500. The summed E-state index contributed by atoms with van der Waals surface area (Å²) in [6.45, 7) is 4.00. The fourth-order valence-electron chi connectivity index (χ4n) is 3.47. The zero-order valence-electron chi connectivity index (χ0n) is 15.7. The molecule has 1 fully saturated rings. The lowest BCUT2D eigenvalue weighted by Gasteiger charge is -2.22. The Morgan fingerprint density at radius 2 is 2.11 bits per heavy atom. The number of rotatable bonds is 6. The van der Waals surface area contributed by atoms with E-state index >= 15 is 0 Å². The van der Waals surface area contributed by atoms with E-state index in [1.807, 2.05) is 32.0 Å². The van der Waals surface area contributed by atoms with Crippen molar-refractivity contribution in [1.82, 2.24) is 14.9 Å². The Kier molecular flexibility index (Phi) is 5.85. The molecule has 0 aliphatic heterocycles. The summed E-state index contributed by atoms with van der Waals surface area (Å²) in [7, 11) is 0. The highest BCUT2D eigenvalue weighted by molar-refractivity contribution is 7.99. The number of carbonyl (C=O) groups is 1. The number of hydrogen-bond acceptors (Lipinski definition) is 5. The maximum absolute atomic E-state index is 12.9. The van der Waals surface area contributed by atoms with Crippen LogP contribution >= 0.6 is 11.8 Å². The lowest BCUT2D eigenvalue weighted by atomic mass is 10.0. The molecule has 0 spiro atoms. The number of nitrogens with one attached hydrogen (secondary N) is 1. The van der Waals surface area contributed by atoms with Gasteiger partial charge in [-0.15, -0.1) is 0 Å². The molecule has 6 nitrogen and oxygen atoms in total. The van der Waals surface area contributed by atoms with Gasteiger partial charge in [0.2, 0.25) is 5.91 Å². The van der Waals surface area contributed by atoms with Gasteiger partial charge in [0.05, 0.1) is 22.7 Å². The van der Waals surface area contributed by atoms with Crippen LogP contribution in [0.3, 0.4) is 0 Å². The third-order valence-electron chi connectivity index (χ3n) is 5.19. The predicted molar refractivity (Wildman–Crippen MR) is 107 cm³/mol. The molecular formula is C20H24N4O2S. The molecular weight excluding hydrogens is 360 g/mol. The maximum atomic E-state index is 12.9. The van der Waals surface area contributed by atoms with Crippen molar-refractivity contribution >= 4 is 28.6 Å². The summed E-state index contributed by atoms with van der Waals surface area (Å²) in [5.74, 6) is -0.0634. The van der Waals surface area contributed by atoms with Crippen LogP contribution in [0.25, 0.3) is 10.9 Å². The quantitative estimate of drug-likeness (QED) is 0.609. The van der Waals surface area contributed by atoms with Crippen molar-refractivity contribution in [2.45, 2.75) is 62.7 Å². The summed E-state index contributed by atoms with van der Waals surface area (Å²) in [5.41, 5.74) is -0.179. The van der Waals surface area contributed by atoms with Crippen LogP contribution in [0.15, 0.2) is 34.2 Å². The lowest BCUT2D eigenvalue weighted by Crippen LogP contribution is -2.45. The largest absolute Gasteiger partial charge is 0.337 e. The summed E-state index contributed by atoms with van der Waals surface area (Å²) in [6, 6.07) is 9.52. The highest BCUT2D eigenvalue weighted by Crippen LogP contribution is 2.29. The number of para-hydroxylation sites is 1. The first-order chi connectivity index (χ1) is 13.0. The van der Waals surface area contributed by atoms with E-state index in [4.69, 9.17) is 0 Å². The zero-order valence-corrected chi connectivity index (χ0v) is 16.5. The minimum Gasteiger partial charge on any atom is -0.337 e. The Bertz CT molecular complexity index is 941. The molecule has 1 amide bonds. The Balaban J connectivity index is 1.84. The molecule has 1 aliphatic carbocycles. The normalized spacial score (nSPS) is 16.8. The van der Waals surface area contributed by atoms with Crippen molar-refractivity contribution in [3.05, 3.63) is 34.6 Å². The number of aromatic nitrogens is 2. The molecule has 142 valence electrons. The third-order valence-corrected chi connectivity index (χ3v) is 6.14. The Labute approximate surface area is 163 Å². The van der Waals surface area contributed by atoms with Gasteiger partial charge in [-0.25, -0.2) is 4.98 Å². The van der Waals surface area contributed by atoms with Crippen LogP contribution in [0.4, 0.5) is 0 Å². The van der Waals surface area contributed by atoms with Gasteiger partial charge in [-0.3, -0.25) is 14.2 Å². The Morgan fingerprint density at radius 1 is 1.41 bits per heavy atom. The first-order valence-corrected chi connectivity index (χ1v) is 10.3. The average molecular weight is 385 g/mol. The van der Waals surface area contributed by atoms with Gasteiger partial charge >= 0.3 is 0 Å². The number of hydrogen-bond donors (Lipinski definition) is 1. The number of thioether (sulfide) groups is 1. The number of amides is 1. The first-order valence-electron chi connectivity index (χ1n) is 9.36. The first kappa shape index (κ1) is 19.4. The van der Waals surface area contributed by atoms with Gasteiger partial charge in [0, 0.05) is 6.04 Å². The topological polar surface area (TPSA) is 87.8 Å². The SMILES string of the molecule is CC[C@H](C)n1c(SCC(=O)NC2(C#N)CCCC2)nc2ccccc2c1=O. The molecule has 1 aromatic carbocycles. The molecule has 1 atom stereocenters. The minimum atomic E-state index is -0.731. The van der Waals surface area contributed by atoms with Crippen molar-refractivity contribution in [2.75, 3.05) is 5.75 Å². The Hall–Kier alpha value is -2.33. The molecule has 0 saturated heterocycles. The standard InChI is InChI=1S/C20H24N4O2S/c1-3-14(2)24-18(26)15-8-4-5-9-16(15)22-19(24)27-12-17(25)23-20(13-21)10-6-7-11-20/h4-5,8-9,14H,3,6-7,10-12H2,1-2H3,(H,23,25)/t14-/m0/s1. The van der Waals surface area contributed by atoms with Gasteiger partial charge in [-0.1, -0.05) is 30.8 Å². The van der Waals surface area contributed by atoms with Gasteiger partial charge in [-0.2, -0.15) is 5.26 Å². The number of nitrogens with zero attached hydrogens (tertiary/aromatic N) is 3. The molecule has 1 aromatic heterocycles. The van der Waals surface area contributed by atoms with Crippen molar-refractivity contribution in [3.8, 4) is 6.07 Å². The molecule has 1 N–H and O–H groups in total. The minimum absolute atomic E-state index is 0.0135. The second-order valence-corrected chi connectivity index (χ2v) is 8.02. The van der Waals surface area contributed by atoms with Crippen LogP contribution in [0, 0.1) is 11.3 Å². The van der Waals surface area contributed by atoms with E-state index in [-0.39, 0.29) is 23.3 Å². The number of nitriles is 1. The van der Waals surface area contributed by atoms with E-state index in [9.17, 15) is 14.9 Å². The van der Waals surface area contributed by atoms with E-state index in [1.165, 1.54) is 11.8 Å². The molecule has 0 unspecified atom stereocenters. The van der Waals surface area contributed by atoms with Gasteiger partial charge in [0.1, 0.15) is 5.54 Å². The van der Waals surface area contributed by atoms with Crippen LogP contribution < -0.4 is 10.9 Å². The maximum Gasteiger partial charge on any atom is 0.262 e. The second kappa shape index (κ2) is 8.13. The third kappa shape index (κ3) is 4.01. The molecule has 27 heavy (non-hydrogen) atoms. The van der Waals surface area contributed by atoms with E-state index in [0.29, 0.717) is 28.9 Å². The molecule has 2 aromatic rings. The monoisotopic (exact) mass is 384 g/mol. The molecule has 0 radical (unpaired) electrons. The van der Waals surface area contributed by atoms with E-state index in [0.717, 1.165) is 19.3 Å². The summed E-state index contributed by atoms with van der Waals surface area (Å²) >= 11 is 1.25. The fourth-order valence-corrected chi connectivity index (χ4v) is 4.37. The number of benzene rings is 1. The van der Waals surface area contributed by atoms with E-state index < -0.39 is 5.54 Å². The predicted octanol–water partition coefficient (Wildman–Crippen LogP) is 3.41. The highest BCUT2D eigenvalue weighted by Gasteiger charge is 2.35.